The van der Waals surface area contributed by atoms with Crippen LogP contribution in [-0.4, -0.2) is 15.0 Å². The van der Waals surface area contributed by atoms with Crippen LogP contribution in [0.1, 0.15) is 25.7 Å². The second-order valence-electron chi connectivity index (χ2n) is 7.08. The van der Waals surface area contributed by atoms with E-state index in [4.69, 9.17) is 4.74 Å². The Morgan fingerprint density at radius 2 is 1.44 bits per heavy atom. The normalized spacial score (nSPS) is 17.6. The van der Waals surface area contributed by atoms with Crippen LogP contribution < -0.4 is 9.46 Å². The van der Waals surface area contributed by atoms with E-state index in [2.05, 4.69) is 4.72 Å². The van der Waals surface area contributed by atoms with Gasteiger partial charge in [-0.05, 0) is 79.8 Å². The molecule has 0 spiro atoms. The highest BCUT2D eigenvalue weighted by molar-refractivity contribution is 7.89. The molecule has 5 heteroatoms. The van der Waals surface area contributed by atoms with Crippen LogP contribution in [0.2, 0.25) is 0 Å². The lowest BCUT2D eigenvalue weighted by Crippen LogP contribution is -2.31. The summed E-state index contributed by atoms with van der Waals surface area (Å²) in [5.74, 6) is 3.34. The minimum absolute atomic E-state index is 0.290. The van der Waals surface area contributed by atoms with Gasteiger partial charge in [-0.25, -0.2) is 13.1 Å². The monoisotopic (exact) mass is 357 g/mol. The van der Waals surface area contributed by atoms with Crippen molar-refractivity contribution in [2.24, 2.45) is 17.8 Å². The highest BCUT2D eigenvalue weighted by Crippen LogP contribution is 2.48. The first kappa shape index (κ1) is 16.6. The molecule has 4 nitrogen and oxygen atoms in total. The molecule has 2 aliphatic carbocycles. The molecule has 25 heavy (non-hydrogen) atoms. The number of hydrogen-bond acceptors (Lipinski definition) is 3. The molecule has 0 aliphatic heterocycles. The van der Waals surface area contributed by atoms with Gasteiger partial charge < -0.3 is 4.74 Å². The van der Waals surface area contributed by atoms with E-state index in [0.717, 1.165) is 17.6 Å². The van der Waals surface area contributed by atoms with Gasteiger partial charge in [-0.2, -0.15) is 0 Å². The number of sulfonamides is 1. The van der Waals surface area contributed by atoms with Gasteiger partial charge in [0.1, 0.15) is 11.5 Å². The summed E-state index contributed by atoms with van der Waals surface area (Å²) >= 11 is 0. The Kier molecular flexibility index (Phi) is 4.52. The molecule has 2 fully saturated rings. The number of ether oxygens (including phenoxy) is 1. The molecule has 0 aromatic heterocycles. The van der Waals surface area contributed by atoms with Crippen LogP contribution in [0.5, 0.6) is 11.5 Å². The van der Waals surface area contributed by atoms with Crippen LogP contribution in [0.4, 0.5) is 0 Å². The Bertz CT molecular complexity index is 798. The Morgan fingerprint density at radius 1 is 0.880 bits per heavy atom. The van der Waals surface area contributed by atoms with Crippen molar-refractivity contribution in [2.45, 2.75) is 30.6 Å². The molecular formula is C20H23NO3S. The Morgan fingerprint density at radius 3 is 2.00 bits per heavy atom. The minimum atomic E-state index is -3.46. The maximum absolute atomic E-state index is 12.5. The van der Waals surface area contributed by atoms with Gasteiger partial charge in [-0.15, -0.1) is 0 Å². The van der Waals surface area contributed by atoms with Crippen molar-refractivity contribution < 1.29 is 13.2 Å². The molecule has 132 valence electrons. The summed E-state index contributed by atoms with van der Waals surface area (Å²) in [6.45, 7) is 0.569. The number of hydrogen-bond donors (Lipinski definition) is 1. The van der Waals surface area contributed by atoms with E-state index in [0.29, 0.717) is 23.1 Å². The van der Waals surface area contributed by atoms with Gasteiger partial charge in [0, 0.05) is 6.54 Å². The number of para-hydroxylation sites is 1. The van der Waals surface area contributed by atoms with E-state index < -0.39 is 10.0 Å². The second-order valence-corrected chi connectivity index (χ2v) is 8.84. The van der Waals surface area contributed by atoms with Crippen molar-refractivity contribution in [1.29, 1.82) is 0 Å². The van der Waals surface area contributed by atoms with Gasteiger partial charge in [0.25, 0.3) is 0 Å². The molecular weight excluding hydrogens is 334 g/mol. The molecule has 0 saturated heterocycles. The summed E-state index contributed by atoms with van der Waals surface area (Å²) in [6.07, 6.45) is 5.03. The first-order valence-electron chi connectivity index (χ1n) is 8.94. The van der Waals surface area contributed by atoms with Crippen molar-refractivity contribution in [3.63, 3.8) is 0 Å². The molecule has 2 aliphatic rings. The standard InChI is InChI=1S/C20H23NO3S/c22-25(23,21-14-20(15-6-7-15)16-8-9-16)19-12-10-18(11-13-19)24-17-4-2-1-3-5-17/h1-5,10-13,15-16,20-21H,6-9,14H2. The molecule has 0 amide bonds. The molecule has 0 radical (unpaired) electrons. The zero-order chi connectivity index (χ0) is 17.3. The van der Waals surface area contributed by atoms with E-state index in [-0.39, 0.29) is 0 Å². The van der Waals surface area contributed by atoms with Crippen molar-refractivity contribution in [3.05, 3.63) is 54.6 Å². The number of benzene rings is 2. The van der Waals surface area contributed by atoms with Crippen LogP contribution in [0.25, 0.3) is 0 Å². The highest BCUT2D eigenvalue weighted by atomic mass is 32.2. The molecule has 0 unspecified atom stereocenters. The molecule has 0 bridgehead atoms. The first-order valence-corrected chi connectivity index (χ1v) is 10.4. The van der Waals surface area contributed by atoms with E-state index >= 15 is 0 Å². The molecule has 0 atom stereocenters. The van der Waals surface area contributed by atoms with Gasteiger partial charge in [-0.3, -0.25) is 0 Å². The highest BCUT2D eigenvalue weighted by Gasteiger charge is 2.41. The van der Waals surface area contributed by atoms with Crippen LogP contribution >= 0.6 is 0 Å². The van der Waals surface area contributed by atoms with Gasteiger partial charge in [-0.1, -0.05) is 18.2 Å². The lowest BCUT2D eigenvalue weighted by Gasteiger charge is -2.16. The third-order valence-electron chi connectivity index (χ3n) is 5.08. The van der Waals surface area contributed by atoms with Crippen molar-refractivity contribution in [2.75, 3.05) is 6.54 Å². The Labute approximate surface area is 149 Å². The first-order chi connectivity index (χ1) is 12.1. The average molecular weight is 357 g/mol. The van der Waals surface area contributed by atoms with Crippen LogP contribution in [0.15, 0.2) is 59.5 Å². The third-order valence-corrected chi connectivity index (χ3v) is 6.52. The summed E-state index contributed by atoms with van der Waals surface area (Å²) in [7, 11) is -3.46. The molecule has 0 heterocycles. The fourth-order valence-corrected chi connectivity index (χ4v) is 4.44. The predicted molar refractivity (Wildman–Crippen MR) is 97.1 cm³/mol. The van der Waals surface area contributed by atoms with Crippen LogP contribution in [0, 0.1) is 17.8 Å². The molecule has 2 saturated carbocycles. The summed E-state index contributed by atoms with van der Waals surface area (Å²) in [6, 6.07) is 16.0. The Balaban J connectivity index is 1.39. The number of rotatable bonds is 8. The van der Waals surface area contributed by atoms with E-state index in [1.54, 1.807) is 24.3 Å². The summed E-state index contributed by atoms with van der Waals surface area (Å²) in [5.41, 5.74) is 0. The maximum Gasteiger partial charge on any atom is 0.240 e. The van der Waals surface area contributed by atoms with Gasteiger partial charge in [0.15, 0.2) is 0 Å². The van der Waals surface area contributed by atoms with E-state index in [1.807, 2.05) is 30.3 Å². The van der Waals surface area contributed by atoms with Crippen molar-refractivity contribution in [1.82, 2.24) is 4.72 Å². The zero-order valence-electron chi connectivity index (χ0n) is 14.1. The van der Waals surface area contributed by atoms with Gasteiger partial charge in [0.05, 0.1) is 4.90 Å². The number of nitrogens with one attached hydrogen (secondary N) is 1. The molecule has 2 aromatic carbocycles. The molecule has 1 N–H and O–H groups in total. The van der Waals surface area contributed by atoms with Crippen LogP contribution in [0.3, 0.4) is 0 Å². The molecule has 2 aromatic rings. The third kappa shape index (κ3) is 4.22. The summed E-state index contributed by atoms with van der Waals surface area (Å²) in [4.78, 5) is 0.290. The smallest absolute Gasteiger partial charge is 0.240 e. The van der Waals surface area contributed by atoms with E-state index in [1.165, 1.54) is 25.7 Å². The summed E-state index contributed by atoms with van der Waals surface area (Å²) < 4.78 is 33.6. The fraction of sp³-hybridized carbons (Fsp3) is 0.400. The zero-order valence-corrected chi connectivity index (χ0v) is 14.9. The molecule has 4 rings (SSSR count). The fourth-order valence-electron chi connectivity index (χ4n) is 3.37. The predicted octanol–water partition coefficient (Wildman–Crippen LogP) is 4.19. The Hall–Kier alpha value is -1.85. The lowest BCUT2D eigenvalue weighted by molar-refractivity contribution is 0.401. The van der Waals surface area contributed by atoms with Gasteiger partial charge in [0.2, 0.25) is 10.0 Å². The van der Waals surface area contributed by atoms with Crippen molar-refractivity contribution >= 4 is 10.0 Å². The second kappa shape index (κ2) is 6.81. The van der Waals surface area contributed by atoms with Crippen LogP contribution in [-0.2, 0) is 10.0 Å². The van der Waals surface area contributed by atoms with Gasteiger partial charge >= 0.3 is 0 Å². The topological polar surface area (TPSA) is 55.4 Å². The average Bonchev–Trinajstić information content (AvgIpc) is 3.51. The largest absolute Gasteiger partial charge is 0.457 e. The summed E-state index contributed by atoms with van der Waals surface area (Å²) in [5, 5.41) is 0. The SMILES string of the molecule is O=S(=O)(NCC(C1CC1)C1CC1)c1ccc(Oc2ccccc2)cc1. The minimum Gasteiger partial charge on any atom is -0.457 e. The lowest BCUT2D eigenvalue weighted by atomic mass is 9.99. The van der Waals surface area contributed by atoms with Crippen molar-refractivity contribution in [3.8, 4) is 11.5 Å². The van der Waals surface area contributed by atoms with E-state index in [9.17, 15) is 8.42 Å². The quantitative estimate of drug-likeness (QED) is 0.770. The maximum atomic E-state index is 12.5.